The predicted molar refractivity (Wildman–Crippen MR) is 74.2 cm³/mol. The van der Waals surface area contributed by atoms with Crippen LogP contribution in [-0.4, -0.2) is 43.6 Å². The molecule has 0 bridgehead atoms. The van der Waals surface area contributed by atoms with Gasteiger partial charge < -0.3 is 14.9 Å². The molecule has 116 valence electrons. The number of aromatic carboxylic acids is 1. The van der Waals surface area contributed by atoms with E-state index in [0.717, 1.165) is 23.9 Å². The number of carbonyl (C=O) groups excluding carboxylic acids is 1. The maximum absolute atomic E-state index is 13.7. The summed E-state index contributed by atoms with van der Waals surface area (Å²) in [6.45, 7) is 1.83. The molecule has 0 spiro atoms. The number of fused-ring (bicyclic) bond motifs is 3. The zero-order chi connectivity index (χ0) is 16.0. The fourth-order valence-electron chi connectivity index (χ4n) is 2.30. The number of aliphatic hydroxyl groups excluding tert-OH is 1. The Morgan fingerprint density at radius 1 is 1.50 bits per heavy atom. The zero-order valence-corrected chi connectivity index (χ0v) is 12.1. The number of halogens is 1. The minimum absolute atomic E-state index is 0.181. The minimum atomic E-state index is -1.42. The lowest BCUT2D eigenvalue weighted by molar-refractivity contribution is -0.145. The fraction of sp³-hybridized carbons (Fsp3) is 0.308. The highest BCUT2D eigenvalue weighted by Crippen LogP contribution is 2.42. The van der Waals surface area contributed by atoms with Crippen LogP contribution in [0.15, 0.2) is 17.3 Å². The second-order valence-electron chi connectivity index (χ2n) is 4.59. The van der Waals surface area contributed by atoms with Gasteiger partial charge in [-0.2, -0.15) is 0 Å². The average molecular weight is 326 g/mol. The highest BCUT2D eigenvalue weighted by Gasteiger charge is 2.40. The van der Waals surface area contributed by atoms with E-state index < -0.39 is 34.8 Å². The molecule has 9 heteroatoms. The Bertz CT molecular complexity index is 790. The smallest absolute Gasteiger partial charge is 0.338 e. The standard InChI is InChI=1S/C13H11FN2O5S/c1-2-21-12(20)9-10(17)16-8-3-5(11(18)19)6(14)4-7(8)15-13(16)22-9/h3-4,9-10,17H,2H2,1H3,(H,18,19). The number of nitrogens with zero attached hydrogens (tertiary/aromatic N) is 2. The molecule has 0 radical (unpaired) electrons. The van der Waals surface area contributed by atoms with Crippen LogP contribution in [0.25, 0.3) is 11.0 Å². The average Bonchev–Trinajstić information content (AvgIpc) is 2.94. The van der Waals surface area contributed by atoms with Crippen molar-refractivity contribution < 1.29 is 28.9 Å². The van der Waals surface area contributed by atoms with Crippen LogP contribution in [0, 0.1) is 5.82 Å². The molecule has 0 amide bonds. The molecular formula is C13H11FN2O5S. The van der Waals surface area contributed by atoms with Crippen molar-refractivity contribution in [2.75, 3.05) is 6.61 Å². The topological polar surface area (TPSA) is 102 Å². The highest BCUT2D eigenvalue weighted by molar-refractivity contribution is 8.00. The zero-order valence-electron chi connectivity index (χ0n) is 11.3. The second kappa shape index (κ2) is 5.25. The molecule has 0 saturated carbocycles. The molecule has 1 aliphatic rings. The van der Waals surface area contributed by atoms with Gasteiger partial charge in [0.05, 0.1) is 23.2 Å². The van der Waals surface area contributed by atoms with Gasteiger partial charge in [-0.25, -0.2) is 14.2 Å². The first-order valence-electron chi connectivity index (χ1n) is 6.40. The van der Waals surface area contributed by atoms with Gasteiger partial charge in [-0.15, -0.1) is 0 Å². The Morgan fingerprint density at radius 3 is 2.86 bits per heavy atom. The third kappa shape index (κ3) is 2.13. The molecule has 2 aromatic rings. The van der Waals surface area contributed by atoms with Gasteiger partial charge in [0.15, 0.2) is 16.6 Å². The molecule has 2 N–H and O–H groups in total. The van der Waals surface area contributed by atoms with Crippen molar-refractivity contribution in [3.63, 3.8) is 0 Å². The highest BCUT2D eigenvalue weighted by atomic mass is 32.2. The number of carboxylic acids is 1. The van der Waals surface area contributed by atoms with Crippen molar-refractivity contribution in [2.45, 2.75) is 23.6 Å². The van der Waals surface area contributed by atoms with Gasteiger partial charge in [-0.3, -0.25) is 9.36 Å². The van der Waals surface area contributed by atoms with Crippen LogP contribution in [0.3, 0.4) is 0 Å². The summed E-state index contributed by atoms with van der Waals surface area (Å²) < 4.78 is 19.9. The van der Waals surface area contributed by atoms with Gasteiger partial charge in [-0.05, 0) is 13.0 Å². The maximum Gasteiger partial charge on any atom is 0.338 e. The number of hydrogen-bond donors (Lipinski definition) is 2. The maximum atomic E-state index is 13.7. The lowest BCUT2D eigenvalue weighted by Gasteiger charge is -2.14. The fourth-order valence-corrected chi connectivity index (χ4v) is 3.41. The number of carbonyl (C=O) groups is 2. The van der Waals surface area contributed by atoms with E-state index in [1.807, 2.05) is 0 Å². The van der Waals surface area contributed by atoms with Crippen LogP contribution >= 0.6 is 11.8 Å². The van der Waals surface area contributed by atoms with E-state index in [1.165, 1.54) is 4.57 Å². The van der Waals surface area contributed by atoms with E-state index in [9.17, 15) is 19.1 Å². The van der Waals surface area contributed by atoms with Gasteiger partial charge in [0.2, 0.25) is 0 Å². The van der Waals surface area contributed by atoms with Gasteiger partial charge in [-0.1, -0.05) is 11.8 Å². The summed E-state index contributed by atoms with van der Waals surface area (Å²) in [5, 5.41) is 18.7. The quantitative estimate of drug-likeness (QED) is 0.822. The molecule has 2 heterocycles. The molecule has 1 aromatic heterocycles. The van der Waals surface area contributed by atoms with Crippen LogP contribution in [-0.2, 0) is 9.53 Å². The van der Waals surface area contributed by atoms with Gasteiger partial charge in [0.1, 0.15) is 5.82 Å². The molecule has 0 aliphatic carbocycles. The molecule has 1 aliphatic heterocycles. The summed E-state index contributed by atoms with van der Waals surface area (Å²) in [6.07, 6.45) is -1.25. The van der Waals surface area contributed by atoms with Crippen molar-refractivity contribution in [1.82, 2.24) is 9.55 Å². The van der Waals surface area contributed by atoms with E-state index in [2.05, 4.69) is 4.98 Å². The number of aromatic nitrogens is 2. The summed E-state index contributed by atoms with van der Waals surface area (Å²) in [6, 6.07) is 2.09. The van der Waals surface area contributed by atoms with Crippen molar-refractivity contribution in [3.8, 4) is 0 Å². The molecule has 2 unspecified atom stereocenters. The van der Waals surface area contributed by atoms with Crippen LogP contribution in [0.1, 0.15) is 23.5 Å². The molecule has 22 heavy (non-hydrogen) atoms. The van der Waals surface area contributed by atoms with Gasteiger partial charge >= 0.3 is 11.9 Å². The Morgan fingerprint density at radius 2 is 2.23 bits per heavy atom. The van der Waals surface area contributed by atoms with Crippen LogP contribution < -0.4 is 0 Å². The Kier molecular flexibility index (Phi) is 3.53. The number of benzene rings is 1. The normalized spacial score (nSPS) is 20.1. The molecule has 0 saturated heterocycles. The van der Waals surface area contributed by atoms with E-state index in [1.54, 1.807) is 6.92 Å². The minimum Gasteiger partial charge on any atom is -0.478 e. The number of carboxylic acid groups (broad SMARTS) is 1. The third-order valence-electron chi connectivity index (χ3n) is 3.26. The molecule has 2 atom stereocenters. The van der Waals surface area contributed by atoms with Crippen LogP contribution in [0.4, 0.5) is 4.39 Å². The van der Waals surface area contributed by atoms with Gasteiger partial charge in [0.25, 0.3) is 0 Å². The van der Waals surface area contributed by atoms with E-state index in [4.69, 9.17) is 9.84 Å². The Hall–Kier alpha value is -2.13. The first-order valence-corrected chi connectivity index (χ1v) is 7.28. The third-order valence-corrected chi connectivity index (χ3v) is 4.45. The van der Waals surface area contributed by atoms with Crippen molar-refractivity contribution >= 4 is 34.7 Å². The van der Waals surface area contributed by atoms with E-state index >= 15 is 0 Å². The van der Waals surface area contributed by atoms with Crippen molar-refractivity contribution in [3.05, 3.63) is 23.5 Å². The predicted octanol–water partition coefficient (Wildman–Crippen LogP) is 1.40. The van der Waals surface area contributed by atoms with Crippen LogP contribution in [0.5, 0.6) is 0 Å². The molecule has 1 aromatic carbocycles. The van der Waals surface area contributed by atoms with Crippen molar-refractivity contribution in [2.24, 2.45) is 0 Å². The number of aliphatic hydroxyl groups is 1. The number of ether oxygens (including phenoxy) is 1. The first kappa shape index (κ1) is 14.8. The monoisotopic (exact) mass is 326 g/mol. The summed E-state index contributed by atoms with van der Waals surface area (Å²) in [7, 11) is 0. The number of imidazole rings is 1. The molecular weight excluding hydrogens is 315 g/mol. The largest absolute Gasteiger partial charge is 0.478 e. The number of hydrogen-bond acceptors (Lipinski definition) is 6. The lowest BCUT2D eigenvalue weighted by Crippen LogP contribution is -2.26. The van der Waals surface area contributed by atoms with E-state index in [-0.39, 0.29) is 17.6 Å². The number of thioether (sulfide) groups is 1. The van der Waals surface area contributed by atoms with E-state index in [0.29, 0.717) is 5.16 Å². The SMILES string of the molecule is CCOC(=O)C1Sc2nc3cc(F)c(C(=O)O)cc3n2C1O. The Balaban J connectivity index is 2.08. The summed E-state index contributed by atoms with van der Waals surface area (Å²) in [5.74, 6) is -2.91. The second-order valence-corrected chi connectivity index (χ2v) is 5.70. The number of rotatable bonds is 3. The first-order chi connectivity index (χ1) is 10.4. The van der Waals surface area contributed by atoms with Crippen LogP contribution in [0.2, 0.25) is 0 Å². The van der Waals surface area contributed by atoms with Gasteiger partial charge in [0, 0.05) is 6.07 Å². The summed E-state index contributed by atoms with van der Waals surface area (Å²) in [4.78, 5) is 26.9. The molecule has 0 fully saturated rings. The summed E-state index contributed by atoms with van der Waals surface area (Å²) in [5.41, 5.74) is -0.0565. The summed E-state index contributed by atoms with van der Waals surface area (Å²) >= 11 is 0.996. The molecule has 7 nitrogen and oxygen atoms in total. The van der Waals surface area contributed by atoms with Crippen molar-refractivity contribution in [1.29, 1.82) is 0 Å². The molecule has 3 rings (SSSR count). The number of esters is 1. The lowest BCUT2D eigenvalue weighted by atomic mass is 10.2. The Labute approximate surface area is 127 Å².